The molecule has 0 amide bonds. The van der Waals surface area contributed by atoms with Crippen molar-refractivity contribution in [2.45, 2.75) is 82.4 Å². The Bertz CT molecular complexity index is 481. The van der Waals surface area contributed by atoms with Crippen LogP contribution in [0.1, 0.15) is 72.1 Å². The molecule has 1 unspecified atom stereocenters. The Kier molecular flexibility index (Phi) is 11.1. The summed E-state index contributed by atoms with van der Waals surface area (Å²) in [7, 11) is 0.994. The van der Waals surface area contributed by atoms with E-state index >= 15 is 0 Å². The van der Waals surface area contributed by atoms with E-state index in [1.807, 2.05) is 27.8 Å². The summed E-state index contributed by atoms with van der Waals surface area (Å²) in [5, 5.41) is 6.95. The molecule has 2 N–H and O–H groups in total. The Balaban J connectivity index is 0.00000364. The standard InChI is InChI=1S/C20H40N4OS.HI/c1-19(2,3)26(25)16-13-22-18(21-4)23-17-20(11-7-5-8-12-20)24-14-9-6-10-15-24;/h5-17H2,1-4H3,(H2,21,22,23);1H. The van der Waals surface area contributed by atoms with Gasteiger partial charge in [-0.25, -0.2) is 0 Å². The molecular formula is C20H41IN4OS. The summed E-state index contributed by atoms with van der Waals surface area (Å²) in [6.45, 7) is 10.2. The van der Waals surface area contributed by atoms with Gasteiger partial charge >= 0.3 is 0 Å². The highest BCUT2D eigenvalue weighted by Gasteiger charge is 2.38. The molecule has 1 aliphatic carbocycles. The molecule has 1 saturated heterocycles. The highest BCUT2D eigenvalue weighted by molar-refractivity contribution is 14.0. The van der Waals surface area contributed by atoms with Gasteiger partial charge in [0.15, 0.2) is 5.96 Å². The second kappa shape index (κ2) is 12.0. The lowest BCUT2D eigenvalue weighted by molar-refractivity contribution is 0.0368. The van der Waals surface area contributed by atoms with Gasteiger partial charge in [-0.2, -0.15) is 0 Å². The van der Waals surface area contributed by atoms with E-state index in [0.29, 0.717) is 17.8 Å². The minimum Gasteiger partial charge on any atom is -0.355 e. The second-order valence-corrected chi connectivity index (χ2v) is 11.2. The first-order valence-corrected chi connectivity index (χ1v) is 11.8. The summed E-state index contributed by atoms with van der Waals surface area (Å²) < 4.78 is 12.0. The maximum absolute atomic E-state index is 12.2. The van der Waals surface area contributed by atoms with Crippen LogP contribution in [-0.2, 0) is 10.8 Å². The third-order valence-electron chi connectivity index (χ3n) is 5.88. The zero-order chi connectivity index (χ0) is 19.0. The van der Waals surface area contributed by atoms with Gasteiger partial charge in [0, 0.05) is 47.0 Å². The van der Waals surface area contributed by atoms with Crippen LogP contribution in [0.5, 0.6) is 0 Å². The van der Waals surface area contributed by atoms with Crippen molar-refractivity contribution in [3.63, 3.8) is 0 Å². The van der Waals surface area contributed by atoms with Crippen LogP contribution in [0, 0.1) is 0 Å². The number of rotatable bonds is 6. The fraction of sp³-hybridized carbons (Fsp3) is 0.950. The molecule has 27 heavy (non-hydrogen) atoms. The number of aliphatic imine (C=N–C) groups is 1. The number of likely N-dealkylation sites (tertiary alicyclic amines) is 1. The molecule has 1 saturated carbocycles. The molecule has 2 rings (SSSR count). The second-order valence-electron chi connectivity index (χ2n) is 8.85. The lowest BCUT2D eigenvalue weighted by Gasteiger charge is -2.48. The van der Waals surface area contributed by atoms with E-state index in [9.17, 15) is 4.21 Å². The number of hydrogen-bond acceptors (Lipinski definition) is 3. The van der Waals surface area contributed by atoms with Crippen molar-refractivity contribution in [1.82, 2.24) is 15.5 Å². The van der Waals surface area contributed by atoms with E-state index in [-0.39, 0.29) is 28.7 Å². The fourth-order valence-corrected chi connectivity index (χ4v) is 5.12. The molecule has 0 aromatic rings. The first-order chi connectivity index (χ1) is 12.4. The summed E-state index contributed by atoms with van der Waals surface area (Å²) in [6.07, 6.45) is 10.7. The number of halogens is 1. The van der Waals surface area contributed by atoms with Gasteiger partial charge in [-0.3, -0.25) is 14.1 Å². The molecule has 1 atom stereocenters. The topological polar surface area (TPSA) is 56.7 Å². The zero-order valence-corrected chi connectivity index (χ0v) is 21.0. The van der Waals surface area contributed by atoms with Crippen LogP contribution in [0.15, 0.2) is 4.99 Å². The number of hydrogen-bond donors (Lipinski definition) is 2. The highest BCUT2D eigenvalue weighted by atomic mass is 127. The van der Waals surface area contributed by atoms with Gasteiger partial charge in [0.2, 0.25) is 0 Å². The van der Waals surface area contributed by atoms with E-state index in [1.54, 1.807) is 0 Å². The van der Waals surface area contributed by atoms with Crippen molar-refractivity contribution in [1.29, 1.82) is 0 Å². The van der Waals surface area contributed by atoms with Gasteiger partial charge in [0.25, 0.3) is 0 Å². The minimum absolute atomic E-state index is 0. The summed E-state index contributed by atoms with van der Waals surface area (Å²) in [4.78, 5) is 7.14. The van der Waals surface area contributed by atoms with Crippen molar-refractivity contribution >= 4 is 40.7 Å². The van der Waals surface area contributed by atoms with Crippen molar-refractivity contribution < 1.29 is 4.21 Å². The molecule has 5 nitrogen and oxygen atoms in total. The first-order valence-electron chi connectivity index (χ1n) is 10.5. The van der Waals surface area contributed by atoms with Crippen LogP contribution in [0.2, 0.25) is 0 Å². The molecule has 1 heterocycles. The molecule has 0 aromatic carbocycles. The monoisotopic (exact) mass is 512 g/mol. The number of piperidine rings is 1. The minimum atomic E-state index is -0.830. The summed E-state index contributed by atoms with van der Waals surface area (Å²) >= 11 is 0. The maximum Gasteiger partial charge on any atom is 0.191 e. The van der Waals surface area contributed by atoms with Gasteiger partial charge in [-0.05, 0) is 59.5 Å². The van der Waals surface area contributed by atoms with Gasteiger partial charge in [-0.1, -0.05) is 25.7 Å². The maximum atomic E-state index is 12.2. The van der Waals surface area contributed by atoms with Crippen LogP contribution in [0.3, 0.4) is 0 Å². The predicted molar refractivity (Wildman–Crippen MR) is 129 cm³/mol. The quantitative estimate of drug-likeness (QED) is 0.325. The highest BCUT2D eigenvalue weighted by Crippen LogP contribution is 2.35. The summed E-state index contributed by atoms with van der Waals surface area (Å²) in [5.74, 6) is 1.50. The first kappa shape index (κ1) is 25.1. The lowest BCUT2D eigenvalue weighted by atomic mass is 9.79. The Hall–Kier alpha value is 0.110. The summed E-state index contributed by atoms with van der Waals surface area (Å²) in [5.41, 5.74) is 0.296. The Morgan fingerprint density at radius 3 is 2.19 bits per heavy atom. The van der Waals surface area contributed by atoms with Crippen LogP contribution in [0.4, 0.5) is 0 Å². The van der Waals surface area contributed by atoms with Crippen molar-refractivity contribution in [2.75, 3.05) is 39.0 Å². The lowest BCUT2D eigenvalue weighted by Crippen LogP contribution is -2.59. The van der Waals surface area contributed by atoms with E-state index in [4.69, 9.17) is 0 Å². The molecule has 2 fully saturated rings. The number of guanidine groups is 1. The average molecular weight is 513 g/mol. The van der Waals surface area contributed by atoms with Gasteiger partial charge in [-0.15, -0.1) is 24.0 Å². The van der Waals surface area contributed by atoms with E-state index in [1.165, 1.54) is 64.5 Å². The van der Waals surface area contributed by atoms with Crippen molar-refractivity contribution in [2.24, 2.45) is 4.99 Å². The predicted octanol–water partition coefficient (Wildman–Crippen LogP) is 3.51. The fourth-order valence-electron chi connectivity index (χ4n) is 4.22. The average Bonchev–Trinajstić information content (AvgIpc) is 2.65. The smallest absolute Gasteiger partial charge is 0.191 e. The molecular weight excluding hydrogens is 471 g/mol. The zero-order valence-electron chi connectivity index (χ0n) is 17.8. The Labute approximate surface area is 186 Å². The van der Waals surface area contributed by atoms with E-state index in [2.05, 4.69) is 20.5 Å². The molecule has 160 valence electrons. The molecule has 1 aliphatic heterocycles. The van der Waals surface area contributed by atoms with Crippen LogP contribution < -0.4 is 10.6 Å². The van der Waals surface area contributed by atoms with Gasteiger partial charge in [0.05, 0.1) is 0 Å². The number of nitrogens with zero attached hydrogens (tertiary/aromatic N) is 2. The SMILES string of the molecule is CN=C(NCCS(=O)C(C)(C)C)NCC1(N2CCCCC2)CCCCC1.I. The molecule has 0 aromatic heterocycles. The van der Waals surface area contributed by atoms with E-state index < -0.39 is 10.8 Å². The molecule has 2 aliphatic rings. The van der Waals surface area contributed by atoms with Gasteiger partial charge < -0.3 is 10.6 Å². The molecule has 0 spiro atoms. The third kappa shape index (κ3) is 7.80. The molecule has 0 radical (unpaired) electrons. The van der Waals surface area contributed by atoms with Gasteiger partial charge in [0.1, 0.15) is 0 Å². The molecule has 7 heteroatoms. The van der Waals surface area contributed by atoms with Crippen molar-refractivity contribution in [3.8, 4) is 0 Å². The van der Waals surface area contributed by atoms with Crippen LogP contribution in [0.25, 0.3) is 0 Å². The largest absolute Gasteiger partial charge is 0.355 e. The third-order valence-corrected chi connectivity index (χ3v) is 7.82. The van der Waals surface area contributed by atoms with Crippen molar-refractivity contribution in [3.05, 3.63) is 0 Å². The Morgan fingerprint density at radius 2 is 1.63 bits per heavy atom. The molecule has 0 bridgehead atoms. The number of nitrogens with one attached hydrogen (secondary N) is 2. The van der Waals surface area contributed by atoms with Crippen LogP contribution in [-0.4, -0.2) is 64.3 Å². The Morgan fingerprint density at radius 1 is 1.04 bits per heavy atom. The summed E-state index contributed by atoms with van der Waals surface area (Å²) in [6, 6.07) is 0. The van der Waals surface area contributed by atoms with E-state index in [0.717, 1.165) is 12.5 Å². The van der Waals surface area contributed by atoms with Crippen LogP contribution >= 0.6 is 24.0 Å². The normalized spacial score (nSPS) is 22.6.